The van der Waals surface area contributed by atoms with E-state index in [4.69, 9.17) is 17.3 Å². The van der Waals surface area contributed by atoms with Crippen LogP contribution in [0.3, 0.4) is 0 Å². The molecule has 2 aromatic carbocycles. The van der Waals surface area contributed by atoms with E-state index in [-0.39, 0.29) is 18.9 Å². The molecule has 3 nitrogen and oxygen atoms in total. The molecule has 0 aliphatic carbocycles. The number of nitrogens with zero attached hydrogens (tertiary/aromatic N) is 1. The first-order valence-corrected chi connectivity index (χ1v) is 6.55. The Labute approximate surface area is 120 Å². The summed E-state index contributed by atoms with van der Waals surface area (Å²) in [6.45, 7) is 0.126. The summed E-state index contributed by atoms with van der Waals surface area (Å²) in [6, 6.07) is 9.78. The van der Waals surface area contributed by atoms with Gasteiger partial charge in [-0.15, -0.1) is 0 Å². The Morgan fingerprint density at radius 3 is 2.85 bits per heavy atom. The number of amides is 1. The van der Waals surface area contributed by atoms with Crippen LogP contribution in [0, 0.1) is 5.82 Å². The summed E-state index contributed by atoms with van der Waals surface area (Å²) < 4.78 is 13.8. The van der Waals surface area contributed by atoms with Gasteiger partial charge in [-0.25, -0.2) is 4.39 Å². The lowest BCUT2D eigenvalue weighted by atomic mass is 10.1. The van der Waals surface area contributed by atoms with Gasteiger partial charge in [0.1, 0.15) is 5.82 Å². The van der Waals surface area contributed by atoms with Crippen LogP contribution in [-0.2, 0) is 17.8 Å². The summed E-state index contributed by atoms with van der Waals surface area (Å²) in [7, 11) is 0. The first-order chi connectivity index (χ1) is 9.56. The second-order valence-electron chi connectivity index (χ2n) is 4.75. The van der Waals surface area contributed by atoms with Gasteiger partial charge in [0.25, 0.3) is 0 Å². The molecule has 1 amide bonds. The zero-order valence-corrected chi connectivity index (χ0v) is 11.3. The van der Waals surface area contributed by atoms with E-state index in [1.165, 1.54) is 6.07 Å². The monoisotopic (exact) mass is 290 g/mol. The highest BCUT2D eigenvalue weighted by Gasteiger charge is 2.28. The summed E-state index contributed by atoms with van der Waals surface area (Å²) in [4.78, 5) is 13.6. The van der Waals surface area contributed by atoms with Crippen molar-refractivity contribution in [2.75, 3.05) is 10.6 Å². The highest BCUT2D eigenvalue weighted by molar-refractivity contribution is 6.31. The molecule has 0 spiro atoms. The van der Waals surface area contributed by atoms with Crippen molar-refractivity contribution in [1.29, 1.82) is 0 Å². The number of rotatable bonds is 2. The molecule has 0 saturated heterocycles. The third-order valence-corrected chi connectivity index (χ3v) is 3.77. The van der Waals surface area contributed by atoms with Crippen LogP contribution in [0.25, 0.3) is 0 Å². The zero-order chi connectivity index (χ0) is 14.3. The highest BCUT2D eigenvalue weighted by Crippen LogP contribution is 2.33. The van der Waals surface area contributed by atoms with Gasteiger partial charge in [0, 0.05) is 22.0 Å². The second kappa shape index (κ2) is 4.80. The van der Waals surface area contributed by atoms with Gasteiger partial charge >= 0.3 is 0 Å². The van der Waals surface area contributed by atoms with E-state index in [2.05, 4.69) is 0 Å². The van der Waals surface area contributed by atoms with Crippen LogP contribution < -0.4 is 10.6 Å². The van der Waals surface area contributed by atoms with E-state index in [1.54, 1.807) is 35.2 Å². The first kappa shape index (κ1) is 12.9. The largest absolute Gasteiger partial charge is 0.399 e. The van der Waals surface area contributed by atoms with Crippen LogP contribution in [0.5, 0.6) is 0 Å². The van der Waals surface area contributed by atoms with Gasteiger partial charge in [-0.3, -0.25) is 4.79 Å². The highest BCUT2D eigenvalue weighted by atomic mass is 35.5. The minimum atomic E-state index is -0.408. The lowest BCUT2D eigenvalue weighted by Gasteiger charge is -2.18. The molecular weight excluding hydrogens is 279 g/mol. The minimum absolute atomic E-state index is 0.0788. The van der Waals surface area contributed by atoms with Crippen molar-refractivity contribution >= 4 is 28.9 Å². The van der Waals surface area contributed by atoms with Crippen LogP contribution in [0.4, 0.5) is 15.8 Å². The number of anilines is 2. The normalized spacial score (nSPS) is 13.7. The van der Waals surface area contributed by atoms with E-state index in [0.29, 0.717) is 16.3 Å². The molecule has 0 radical (unpaired) electrons. The Bertz CT molecular complexity index is 682. The standard InChI is InChI=1S/C15H12ClFN2O/c16-12-2-1-3-13(17)11(12)8-19-14-5-4-10(18)6-9(14)7-15(19)20/h1-6H,7-8,18H2. The first-order valence-electron chi connectivity index (χ1n) is 6.18. The van der Waals surface area contributed by atoms with E-state index in [1.807, 2.05) is 0 Å². The van der Waals surface area contributed by atoms with Crippen LogP contribution >= 0.6 is 11.6 Å². The quantitative estimate of drug-likeness (QED) is 0.864. The molecule has 5 heteroatoms. The summed E-state index contributed by atoms with van der Waals surface area (Å²) >= 11 is 6.01. The van der Waals surface area contributed by atoms with Gasteiger partial charge in [-0.05, 0) is 35.9 Å². The van der Waals surface area contributed by atoms with E-state index >= 15 is 0 Å². The number of carbonyl (C=O) groups excluding carboxylic acids is 1. The van der Waals surface area contributed by atoms with Crippen molar-refractivity contribution in [3.8, 4) is 0 Å². The second-order valence-corrected chi connectivity index (χ2v) is 5.15. The molecule has 2 N–H and O–H groups in total. The maximum atomic E-state index is 13.8. The third kappa shape index (κ3) is 2.12. The number of nitrogens with two attached hydrogens (primary N) is 1. The van der Waals surface area contributed by atoms with Gasteiger partial charge in [0.05, 0.1) is 13.0 Å². The lowest BCUT2D eigenvalue weighted by molar-refractivity contribution is -0.117. The number of benzene rings is 2. The molecule has 2 aromatic rings. The van der Waals surface area contributed by atoms with Crippen molar-refractivity contribution in [1.82, 2.24) is 0 Å². The Balaban J connectivity index is 1.98. The fourth-order valence-electron chi connectivity index (χ4n) is 2.42. The molecule has 20 heavy (non-hydrogen) atoms. The molecule has 1 aliphatic rings. The summed E-state index contributed by atoms with van der Waals surface area (Å²) in [5.74, 6) is -0.487. The van der Waals surface area contributed by atoms with Crippen molar-refractivity contribution < 1.29 is 9.18 Å². The molecule has 0 unspecified atom stereocenters. The van der Waals surface area contributed by atoms with Crippen LogP contribution in [-0.4, -0.2) is 5.91 Å². The third-order valence-electron chi connectivity index (χ3n) is 3.41. The summed E-state index contributed by atoms with van der Waals surface area (Å²) in [5, 5.41) is 0.321. The molecule has 102 valence electrons. The number of nitrogen functional groups attached to an aromatic ring is 1. The minimum Gasteiger partial charge on any atom is -0.399 e. The maximum Gasteiger partial charge on any atom is 0.231 e. The van der Waals surface area contributed by atoms with Crippen molar-refractivity contribution in [2.24, 2.45) is 0 Å². The smallest absolute Gasteiger partial charge is 0.231 e. The molecule has 0 aromatic heterocycles. The summed E-state index contributed by atoms with van der Waals surface area (Å²) in [5.41, 5.74) is 8.28. The lowest BCUT2D eigenvalue weighted by Crippen LogP contribution is -2.26. The Hall–Kier alpha value is -2.07. The maximum absolute atomic E-state index is 13.8. The number of hydrogen-bond acceptors (Lipinski definition) is 2. The van der Waals surface area contributed by atoms with E-state index in [0.717, 1.165) is 11.3 Å². The number of fused-ring (bicyclic) bond motifs is 1. The van der Waals surface area contributed by atoms with Gasteiger partial charge in [0.15, 0.2) is 0 Å². The van der Waals surface area contributed by atoms with Gasteiger partial charge in [-0.2, -0.15) is 0 Å². The fraction of sp³-hybridized carbons (Fsp3) is 0.133. The molecule has 0 fully saturated rings. The van der Waals surface area contributed by atoms with Crippen LogP contribution in [0.15, 0.2) is 36.4 Å². The van der Waals surface area contributed by atoms with Crippen LogP contribution in [0.2, 0.25) is 5.02 Å². The molecule has 0 bridgehead atoms. The fourth-order valence-corrected chi connectivity index (χ4v) is 2.64. The molecular formula is C15H12ClFN2O. The summed E-state index contributed by atoms with van der Waals surface area (Å²) in [6.07, 6.45) is 0.284. The molecule has 3 rings (SSSR count). The van der Waals surface area contributed by atoms with Gasteiger partial charge < -0.3 is 10.6 Å². The van der Waals surface area contributed by atoms with E-state index < -0.39 is 5.82 Å². The van der Waals surface area contributed by atoms with Crippen molar-refractivity contribution in [3.05, 3.63) is 58.4 Å². The van der Waals surface area contributed by atoms with Crippen LogP contribution in [0.1, 0.15) is 11.1 Å². The molecule has 1 heterocycles. The molecule has 0 atom stereocenters. The molecule has 0 saturated carbocycles. The average molecular weight is 291 g/mol. The predicted octanol–water partition coefficient (Wildman–Crippen LogP) is 3.15. The molecule has 1 aliphatic heterocycles. The zero-order valence-electron chi connectivity index (χ0n) is 10.6. The Morgan fingerprint density at radius 2 is 2.10 bits per heavy atom. The van der Waals surface area contributed by atoms with Crippen molar-refractivity contribution in [3.63, 3.8) is 0 Å². The van der Waals surface area contributed by atoms with E-state index in [9.17, 15) is 9.18 Å². The van der Waals surface area contributed by atoms with Crippen molar-refractivity contribution in [2.45, 2.75) is 13.0 Å². The Morgan fingerprint density at radius 1 is 1.30 bits per heavy atom. The number of carbonyl (C=O) groups is 1. The predicted molar refractivity (Wildman–Crippen MR) is 77.2 cm³/mol. The Kier molecular flexibility index (Phi) is 3.10. The average Bonchev–Trinajstić information content (AvgIpc) is 2.69. The topological polar surface area (TPSA) is 46.3 Å². The number of halogens is 2. The van der Waals surface area contributed by atoms with Gasteiger partial charge in [-0.1, -0.05) is 17.7 Å². The SMILES string of the molecule is Nc1ccc2c(c1)CC(=O)N2Cc1c(F)cccc1Cl. The number of hydrogen-bond donors (Lipinski definition) is 1. The van der Waals surface area contributed by atoms with Gasteiger partial charge in [0.2, 0.25) is 5.91 Å².